The van der Waals surface area contributed by atoms with Gasteiger partial charge in [-0.2, -0.15) is 0 Å². The zero-order valence-electron chi connectivity index (χ0n) is 10.2. The van der Waals surface area contributed by atoms with Gasteiger partial charge in [0.05, 0.1) is 18.8 Å². The van der Waals surface area contributed by atoms with Gasteiger partial charge in [-0.25, -0.2) is 0 Å². The van der Waals surface area contributed by atoms with Crippen LogP contribution in [0.4, 0.5) is 0 Å². The minimum Gasteiger partial charge on any atom is -0.389 e. The molecule has 15 heavy (non-hydrogen) atoms. The molecule has 0 aliphatic carbocycles. The van der Waals surface area contributed by atoms with Crippen molar-refractivity contribution in [3.63, 3.8) is 0 Å². The van der Waals surface area contributed by atoms with Gasteiger partial charge >= 0.3 is 0 Å². The van der Waals surface area contributed by atoms with Crippen molar-refractivity contribution in [3.8, 4) is 0 Å². The van der Waals surface area contributed by atoms with Crippen LogP contribution in [0.1, 0.15) is 39.5 Å². The minimum absolute atomic E-state index is 0.471. The Morgan fingerprint density at radius 2 is 1.67 bits per heavy atom. The average molecular weight is 215 g/mol. The van der Waals surface area contributed by atoms with Crippen LogP contribution in [0.25, 0.3) is 0 Å². The van der Waals surface area contributed by atoms with Crippen LogP contribution < -0.4 is 0 Å². The second-order valence-electron chi connectivity index (χ2n) is 4.61. The molecule has 0 bridgehead atoms. The van der Waals surface area contributed by atoms with Gasteiger partial charge in [0, 0.05) is 19.6 Å². The first-order chi connectivity index (χ1) is 7.20. The summed E-state index contributed by atoms with van der Waals surface area (Å²) in [4.78, 5) is 2.33. The number of ether oxygens (including phenoxy) is 1. The van der Waals surface area contributed by atoms with E-state index in [1.165, 1.54) is 0 Å². The Bertz CT molecular complexity index is 161. The third-order valence-electron chi connectivity index (χ3n) is 3.05. The summed E-state index contributed by atoms with van der Waals surface area (Å²) in [5, 5.41) is 10.5. The lowest BCUT2D eigenvalue weighted by molar-refractivity contribution is -0.0415. The highest BCUT2D eigenvalue weighted by molar-refractivity contribution is 4.82. The van der Waals surface area contributed by atoms with Crippen LogP contribution in [0.15, 0.2) is 0 Å². The van der Waals surface area contributed by atoms with Gasteiger partial charge < -0.3 is 9.84 Å². The van der Waals surface area contributed by atoms with E-state index in [9.17, 15) is 5.11 Å². The van der Waals surface area contributed by atoms with E-state index in [2.05, 4.69) is 18.7 Å². The summed E-state index contributed by atoms with van der Waals surface area (Å²) in [7, 11) is 0. The van der Waals surface area contributed by atoms with Crippen LogP contribution in [0.5, 0.6) is 0 Å². The van der Waals surface area contributed by atoms with Crippen LogP contribution in [0.3, 0.4) is 0 Å². The predicted molar refractivity (Wildman–Crippen MR) is 62.0 cm³/mol. The lowest BCUT2D eigenvalue weighted by atomic mass is 9.92. The zero-order valence-corrected chi connectivity index (χ0v) is 10.2. The standard InChI is InChI=1S/C12H25NO2/c1-3-5-12(14,6-4-2)11-13-7-9-15-10-8-13/h14H,3-11H2,1-2H3. The molecule has 0 atom stereocenters. The zero-order chi connectivity index (χ0) is 11.1. The van der Waals surface area contributed by atoms with Crippen molar-refractivity contribution in [2.24, 2.45) is 0 Å². The Morgan fingerprint density at radius 3 is 2.13 bits per heavy atom. The Balaban J connectivity index is 2.40. The fourth-order valence-electron chi connectivity index (χ4n) is 2.39. The predicted octanol–water partition coefficient (Wildman–Crippen LogP) is 1.65. The molecule has 1 heterocycles. The first-order valence-corrected chi connectivity index (χ1v) is 6.22. The summed E-state index contributed by atoms with van der Waals surface area (Å²) in [5.41, 5.74) is -0.471. The molecule has 1 N–H and O–H groups in total. The van der Waals surface area contributed by atoms with Crippen molar-refractivity contribution < 1.29 is 9.84 Å². The first kappa shape index (κ1) is 12.9. The summed E-state index contributed by atoms with van der Waals surface area (Å²) in [6.07, 6.45) is 3.94. The molecule has 0 aromatic heterocycles. The van der Waals surface area contributed by atoms with Gasteiger partial charge in [-0.05, 0) is 12.8 Å². The third kappa shape index (κ3) is 4.49. The molecular formula is C12H25NO2. The number of hydrogen-bond donors (Lipinski definition) is 1. The summed E-state index contributed by atoms with van der Waals surface area (Å²) in [5.74, 6) is 0. The van der Waals surface area contributed by atoms with Crippen LogP contribution in [-0.2, 0) is 4.74 Å². The number of morpholine rings is 1. The van der Waals surface area contributed by atoms with Crippen molar-refractivity contribution in [1.82, 2.24) is 4.90 Å². The molecule has 0 radical (unpaired) electrons. The van der Waals surface area contributed by atoms with Crippen molar-refractivity contribution in [2.75, 3.05) is 32.8 Å². The van der Waals surface area contributed by atoms with Gasteiger partial charge in [0.1, 0.15) is 0 Å². The molecule has 0 saturated carbocycles. The van der Waals surface area contributed by atoms with Gasteiger partial charge in [-0.15, -0.1) is 0 Å². The Hall–Kier alpha value is -0.120. The molecule has 1 fully saturated rings. The van der Waals surface area contributed by atoms with Gasteiger partial charge in [-0.3, -0.25) is 4.90 Å². The molecule has 0 spiro atoms. The number of aliphatic hydroxyl groups is 1. The second kappa shape index (κ2) is 6.46. The largest absolute Gasteiger partial charge is 0.389 e. The molecule has 0 aromatic carbocycles. The van der Waals surface area contributed by atoms with Gasteiger partial charge in [-0.1, -0.05) is 26.7 Å². The Morgan fingerprint density at radius 1 is 1.13 bits per heavy atom. The quantitative estimate of drug-likeness (QED) is 0.731. The van der Waals surface area contributed by atoms with E-state index < -0.39 is 5.60 Å². The highest BCUT2D eigenvalue weighted by Crippen LogP contribution is 2.21. The van der Waals surface area contributed by atoms with Crippen LogP contribution in [0, 0.1) is 0 Å². The maximum atomic E-state index is 10.5. The number of rotatable bonds is 6. The molecule has 1 saturated heterocycles. The van der Waals surface area contributed by atoms with E-state index in [1.54, 1.807) is 0 Å². The highest BCUT2D eigenvalue weighted by atomic mass is 16.5. The highest BCUT2D eigenvalue weighted by Gasteiger charge is 2.28. The SMILES string of the molecule is CCCC(O)(CCC)CN1CCOCC1. The number of nitrogens with zero attached hydrogens (tertiary/aromatic N) is 1. The van der Waals surface area contributed by atoms with E-state index in [-0.39, 0.29) is 0 Å². The molecule has 0 amide bonds. The van der Waals surface area contributed by atoms with E-state index >= 15 is 0 Å². The normalized spacial score (nSPS) is 19.4. The second-order valence-corrected chi connectivity index (χ2v) is 4.61. The van der Waals surface area contributed by atoms with Gasteiger partial charge in [0.25, 0.3) is 0 Å². The van der Waals surface area contributed by atoms with E-state index in [0.29, 0.717) is 0 Å². The van der Waals surface area contributed by atoms with Gasteiger partial charge in [0.15, 0.2) is 0 Å². The maximum Gasteiger partial charge on any atom is 0.0773 e. The fourth-order valence-corrected chi connectivity index (χ4v) is 2.39. The third-order valence-corrected chi connectivity index (χ3v) is 3.05. The van der Waals surface area contributed by atoms with Crippen LogP contribution >= 0.6 is 0 Å². The van der Waals surface area contributed by atoms with E-state index in [4.69, 9.17) is 4.74 Å². The smallest absolute Gasteiger partial charge is 0.0773 e. The van der Waals surface area contributed by atoms with Crippen molar-refractivity contribution in [1.29, 1.82) is 0 Å². The summed E-state index contributed by atoms with van der Waals surface area (Å²) in [6, 6.07) is 0. The molecule has 0 unspecified atom stereocenters. The fraction of sp³-hybridized carbons (Fsp3) is 1.00. The van der Waals surface area contributed by atoms with Crippen LogP contribution in [0.2, 0.25) is 0 Å². The van der Waals surface area contributed by atoms with Crippen molar-refractivity contribution in [2.45, 2.75) is 45.1 Å². The van der Waals surface area contributed by atoms with Crippen molar-refractivity contribution in [3.05, 3.63) is 0 Å². The molecule has 3 nitrogen and oxygen atoms in total. The van der Waals surface area contributed by atoms with Crippen molar-refractivity contribution >= 4 is 0 Å². The minimum atomic E-state index is -0.471. The number of β-amino-alcohol motifs (C(OH)–C–C–N with tert-alkyl or cyclic N) is 1. The first-order valence-electron chi connectivity index (χ1n) is 6.22. The van der Waals surface area contributed by atoms with Gasteiger partial charge in [0.2, 0.25) is 0 Å². The molecule has 1 aliphatic rings. The lowest BCUT2D eigenvalue weighted by Crippen LogP contribution is -2.47. The monoisotopic (exact) mass is 215 g/mol. The topological polar surface area (TPSA) is 32.7 Å². The molecular weight excluding hydrogens is 190 g/mol. The summed E-state index contributed by atoms with van der Waals surface area (Å²) in [6.45, 7) is 8.66. The summed E-state index contributed by atoms with van der Waals surface area (Å²) >= 11 is 0. The lowest BCUT2D eigenvalue weighted by Gasteiger charge is -2.36. The molecule has 90 valence electrons. The van der Waals surface area contributed by atoms with E-state index in [1.807, 2.05) is 0 Å². The molecule has 1 rings (SSSR count). The van der Waals surface area contributed by atoms with Crippen LogP contribution in [-0.4, -0.2) is 48.5 Å². The Labute approximate surface area is 93.4 Å². The molecule has 3 heteroatoms. The summed E-state index contributed by atoms with van der Waals surface area (Å²) < 4.78 is 5.31. The van der Waals surface area contributed by atoms with E-state index in [0.717, 1.165) is 58.5 Å². The molecule has 1 aliphatic heterocycles. The molecule has 0 aromatic rings. The Kier molecular flexibility index (Phi) is 5.58. The number of hydrogen-bond acceptors (Lipinski definition) is 3. The average Bonchev–Trinajstić information content (AvgIpc) is 2.19. The maximum absolute atomic E-state index is 10.5.